The first-order chi connectivity index (χ1) is 9.69. The van der Waals surface area contributed by atoms with Crippen molar-refractivity contribution >= 4 is 0 Å². The normalized spacial score (nSPS) is 17.5. The molecular weight excluding hydrogens is 252 g/mol. The van der Waals surface area contributed by atoms with Gasteiger partial charge in [-0.2, -0.15) is 5.26 Å². The maximum Gasteiger partial charge on any atom is 0.125 e. The highest BCUT2D eigenvalue weighted by molar-refractivity contribution is 5.51. The fourth-order valence-electron chi connectivity index (χ4n) is 2.35. The van der Waals surface area contributed by atoms with Crippen LogP contribution in [0.2, 0.25) is 0 Å². The minimum Gasteiger partial charge on any atom is -0.493 e. The minimum atomic E-state index is -0.502. The third kappa shape index (κ3) is 2.87. The van der Waals surface area contributed by atoms with E-state index in [1.807, 2.05) is 26.0 Å². The van der Waals surface area contributed by atoms with Gasteiger partial charge in [0.05, 0.1) is 19.2 Å². The van der Waals surface area contributed by atoms with Crippen molar-refractivity contribution in [3.05, 3.63) is 23.3 Å². The molecule has 0 spiro atoms. The average Bonchev–Trinajstić information content (AvgIpc) is 2.79. The van der Waals surface area contributed by atoms with E-state index in [-0.39, 0.29) is 6.10 Å². The van der Waals surface area contributed by atoms with Gasteiger partial charge in [0.15, 0.2) is 0 Å². The van der Waals surface area contributed by atoms with Crippen LogP contribution >= 0.6 is 0 Å². The lowest BCUT2D eigenvalue weighted by atomic mass is 10.0. The number of ether oxygens (including phenoxy) is 2. The van der Waals surface area contributed by atoms with E-state index in [2.05, 4.69) is 17.3 Å². The van der Waals surface area contributed by atoms with Crippen molar-refractivity contribution in [2.45, 2.75) is 32.4 Å². The zero-order chi connectivity index (χ0) is 14.5. The van der Waals surface area contributed by atoms with Gasteiger partial charge in [0.1, 0.15) is 23.6 Å². The van der Waals surface area contributed by atoms with Gasteiger partial charge in [-0.15, -0.1) is 6.42 Å². The molecule has 0 amide bonds. The Hall–Kier alpha value is -2.17. The second-order valence-corrected chi connectivity index (χ2v) is 4.71. The van der Waals surface area contributed by atoms with Crippen LogP contribution in [0.25, 0.3) is 0 Å². The van der Waals surface area contributed by atoms with Gasteiger partial charge in [-0.1, -0.05) is 5.92 Å². The molecular formula is C16H18N2O2. The fourth-order valence-corrected chi connectivity index (χ4v) is 2.35. The Bertz CT molecular complexity index is 569. The van der Waals surface area contributed by atoms with Crippen molar-refractivity contribution in [2.75, 3.05) is 13.2 Å². The highest BCUT2D eigenvalue weighted by atomic mass is 16.5. The first kappa shape index (κ1) is 14.2. The van der Waals surface area contributed by atoms with E-state index in [1.165, 1.54) is 0 Å². The van der Waals surface area contributed by atoms with Crippen LogP contribution in [0.4, 0.5) is 0 Å². The molecule has 2 atom stereocenters. The van der Waals surface area contributed by atoms with Crippen LogP contribution in [0.5, 0.6) is 11.5 Å². The highest BCUT2D eigenvalue weighted by Gasteiger charge is 2.24. The van der Waals surface area contributed by atoms with Crippen LogP contribution in [-0.2, 0) is 6.42 Å². The SMILES string of the molecule is C#CCNC(C#N)c1cc2c(cc1OCC)CC(C)O2. The molecule has 4 heteroatoms. The molecule has 1 N–H and O–H groups in total. The Morgan fingerprint density at radius 2 is 2.40 bits per heavy atom. The van der Waals surface area contributed by atoms with Crippen LogP contribution in [0.3, 0.4) is 0 Å². The molecule has 1 heterocycles. The topological polar surface area (TPSA) is 54.3 Å². The third-order valence-corrected chi connectivity index (χ3v) is 3.18. The van der Waals surface area contributed by atoms with Crippen LogP contribution in [-0.4, -0.2) is 19.3 Å². The summed E-state index contributed by atoms with van der Waals surface area (Å²) >= 11 is 0. The zero-order valence-electron chi connectivity index (χ0n) is 11.8. The van der Waals surface area contributed by atoms with Crippen LogP contribution in [0.15, 0.2) is 12.1 Å². The van der Waals surface area contributed by atoms with Crippen molar-refractivity contribution in [2.24, 2.45) is 0 Å². The number of fused-ring (bicyclic) bond motifs is 1. The molecule has 2 unspecified atom stereocenters. The van der Waals surface area contributed by atoms with E-state index in [4.69, 9.17) is 15.9 Å². The van der Waals surface area contributed by atoms with Crippen molar-refractivity contribution < 1.29 is 9.47 Å². The van der Waals surface area contributed by atoms with E-state index in [9.17, 15) is 5.26 Å². The number of terminal acetylenes is 1. The second-order valence-electron chi connectivity index (χ2n) is 4.71. The van der Waals surface area contributed by atoms with E-state index in [1.54, 1.807) is 0 Å². The first-order valence-electron chi connectivity index (χ1n) is 6.72. The van der Waals surface area contributed by atoms with Gasteiger partial charge in [0, 0.05) is 17.5 Å². The molecule has 0 saturated carbocycles. The summed E-state index contributed by atoms with van der Waals surface area (Å²) in [5, 5.41) is 12.3. The molecule has 104 valence electrons. The molecule has 0 saturated heterocycles. The molecule has 2 rings (SSSR count). The highest BCUT2D eigenvalue weighted by Crippen LogP contribution is 2.37. The van der Waals surface area contributed by atoms with E-state index in [0.29, 0.717) is 13.2 Å². The van der Waals surface area contributed by atoms with Gasteiger partial charge in [0.25, 0.3) is 0 Å². The summed E-state index contributed by atoms with van der Waals surface area (Å²) in [5.41, 5.74) is 1.90. The van der Waals surface area contributed by atoms with Crippen LogP contribution in [0, 0.1) is 23.7 Å². The lowest BCUT2D eigenvalue weighted by Gasteiger charge is -2.16. The largest absolute Gasteiger partial charge is 0.493 e. The molecule has 4 nitrogen and oxygen atoms in total. The zero-order valence-corrected chi connectivity index (χ0v) is 11.8. The summed E-state index contributed by atoms with van der Waals surface area (Å²) in [4.78, 5) is 0. The lowest BCUT2D eigenvalue weighted by molar-refractivity contribution is 0.254. The standard InChI is InChI=1S/C16H18N2O2/c1-4-6-18-14(10-17)13-9-15-12(7-11(3)20-15)8-16(13)19-5-2/h1,8-9,11,14,18H,5-7H2,2-3H3. The van der Waals surface area contributed by atoms with Gasteiger partial charge in [-0.05, 0) is 26.0 Å². The summed E-state index contributed by atoms with van der Waals surface area (Å²) in [6.07, 6.45) is 6.26. The Balaban J connectivity index is 2.38. The molecule has 0 bridgehead atoms. The van der Waals surface area contributed by atoms with Crippen molar-refractivity contribution in [1.82, 2.24) is 5.32 Å². The predicted molar refractivity (Wildman–Crippen MR) is 76.6 cm³/mol. The minimum absolute atomic E-state index is 0.161. The van der Waals surface area contributed by atoms with Gasteiger partial charge in [0.2, 0.25) is 0 Å². The fraction of sp³-hybridized carbons (Fsp3) is 0.438. The quantitative estimate of drug-likeness (QED) is 0.833. The molecule has 0 aliphatic carbocycles. The molecule has 0 aromatic heterocycles. The second kappa shape index (κ2) is 6.32. The third-order valence-electron chi connectivity index (χ3n) is 3.18. The number of hydrogen-bond donors (Lipinski definition) is 1. The predicted octanol–water partition coefficient (Wildman–Crippen LogP) is 2.20. The van der Waals surface area contributed by atoms with E-state index < -0.39 is 6.04 Å². The number of nitrogens with one attached hydrogen (secondary N) is 1. The smallest absolute Gasteiger partial charge is 0.125 e. The number of benzene rings is 1. The van der Waals surface area contributed by atoms with Crippen molar-refractivity contribution in [3.8, 4) is 29.9 Å². The van der Waals surface area contributed by atoms with Gasteiger partial charge >= 0.3 is 0 Å². The summed E-state index contributed by atoms with van der Waals surface area (Å²) in [7, 11) is 0. The Morgan fingerprint density at radius 3 is 3.05 bits per heavy atom. The molecule has 1 aliphatic heterocycles. The molecule has 0 fully saturated rings. The van der Waals surface area contributed by atoms with Crippen molar-refractivity contribution in [1.29, 1.82) is 5.26 Å². The molecule has 0 radical (unpaired) electrons. The molecule has 1 aromatic rings. The molecule has 1 aliphatic rings. The van der Waals surface area contributed by atoms with Gasteiger partial charge < -0.3 is 9.47 Å². The Labute approximate surface area is 119 Å². The number of rotatable bonds is 5. The molecule has 20 heavy (non-hydrogen) atoms. The lowest BCUT2D eigenvalue weighted by Crippen LogP contribution is -2.21. The van der Waals surface area contributed by atoms with E-state index in [0.717, 1.165) is 29.0 Å². The average molecular weight is 270 g/mol. The summed E-state index contributed by atoms with van der Waals surface area (Å²) in [5.74, 6) is 4.03. The number of nitrogens with zero attached hydrogens (tertiary/aromatic N) is 1. The maximum atomic E-state index is 9.32. The van der Waals surface area contributed by atoms with Gasteiger partial charge in [-0.25, -0.2) is 0 Å². The monoisotopic (exact) mass is 270 g/mol. The molecule has 1 aromatic carbocycles. The van der Waals surface area contributed by atoms with Crippen LogP contribution < -0.4 is 14.8 Å². The van der Waals surface area contributed by atoms with E-state index >= 15 is 0 Å². The summed E-state index contributed by atoms with van der Waals surface area (Å²) in [6, 6.07) is 5.57. The summed E-state index contributed by atoms with van der Waals surface area (Å²) in [6.45, 7) is 4.83. The van der Waals surface area contributed by atoms with Gasteiger partial charge in [-0.3, -0.25) is 5.32 Å². The summed E-state index contributed by atoms with van der Waals surface area (Å²) < 4.78 is 11.4. The van der Waals surface area contributed by atoms with Crippen molar-refractivity contribution in [3.63, 3.8) is 0 Å². The maximum absolute atomic E-state index is 9.32. The number of nitriles is 1. The Kier molecular flexibility index (Phi) is 4.50. The number of hydrogen-bond acceptors (Lipinski definition) is 4. The Morgan fingerprint density at radius 1 is 1.60 bits per heavy atom. The first-order valence-corrected chi connectivity index (χ1v) is 6.72. The van der Waals surface area contributed by atoms with Crippen LogP contribution in [0.1, 0.15) is 31.0 Å².